The highest BCUT2D eigenvalue weighted by molar-refractivity contribution is 5.93. The van der Waals surface area contributed by atoms with Gasteiger partial charge in [-0.3, -0.25) is 0 Å². The molecule has 1 fully saturated rings. The number of methoxy groups -OCH3 is 1. The fraction of sp³-hybridized carbons (Fsp3) is 0.346. The van der Waals surface area contributed by atoms with Gasteiger partial charge in [0, 0.05) is 5.92 Å². The molecule has 6 nitrogen and oxygen atoms in total. The van der Waals surface area contributed by atoms with E-state index in [0.29, 0.717) is 22.7 Å². The highest BCUT2D eigenvalue weighted by Crippen LogP contribution is 2.43. The van der Waals surface area contributed by atoms with Crippen LogP contribution in [-0.4, -0.2) is 34.4 Å². The van der Waals surface area contributed by atoms with Gasteiger partial charge in [-0.25, -0.2) is 14.3 Å². The Kier molecular flexibility index (Phi) is 5.63. The SMILES string of the molecule is COC(=O)c1c(C)nn(-c2cccc(-c3cccc(C(=O)OC(C)(C)C)c3)c2)c1C1CC1. The van der Waals surface area contributed by atoms with Gasteiger partial charge in [0.1, 0.15) is 11.2 Å². The number of benzene rings is 2. The second-order valence-electron chi connectivity index (χ2n) is 9.16. The summed E-state index contributed by atoms with van der Waals surface area (Å²) in [6, 6.07) is 15.3. The fourth-order valence-electron chi connectivity index (χ4n) is 3.81. The molecule has 2 aromatic carbocycles. The summed E-state index contributed by atoms with van der Waals surface area (Å²) in [5.41, 5.74) is 4.80. The highest BCUT2D eigenvalue weighted by Gasteiger charge is 2.35. The van der Waals surface area contributed by atoms with E-state index >= 15 is 0 Å². The van der Waals surface area contributed by atoms with E-state index in [1.165, 1.54) is 7.11 Å². The number of carbonyl (C=O) groups excluding carboxylic acids is 2. The van der Waals surface area contributed by atoms with Crippen LogP contribution in [0.25, 0.3) is 16.8 Å². The van der Waals surface area contributed by atoms with Gasteiger partial charge in [0.05, 0.1) is 29.7 Å². The number of rotatable bonds is 5. The number of hydrogen-bond acceptors (Lipinski definition) is 5. The van der Waals surface area contributed by atoms with E-state index in [2.05, 4.69) is 5.10 Å². The van der Waals surface area contributed by atoms with Gasteiger partial charge < -0.3 is 9.47 Å². The molecule has 6 heteroatoms. The summed E-state index contributed by atoms with van der Waals surface area (Å²) in [6.45, 7) is 7.39. The van der Waals surface area contributed by atoms with Crippen LogP contribution in [0.1, 0.15) is 71.6 Å². The molecule has 3 aromatic rings. The monoisotopic (exact) mass is 432 g/mol. The highest BCUT2D eigenvalue weighted by atomic mass is 16.6. The van der Waals surface area contributed by atoms with E-state index in [9.17, 15) is 9.59 Å². The normalized spacial score (nSPS) is 13.7. The Morgan fingerprint density at radius 2 is 1.66 bits per heavy atom. The Hall–Kier alpha value is -3.41. The first-order valence-corrected chi connectivity index (χ1v) is 10.8. The Balaban J connectivity index is 1.73. The Morgan fingerprint density at radius 1 is 1.00 bits per heavy atom. The lowest BCUT2D eigenvalue weighted by molar-refractivity contribution is 0.00693. The summed E-state index contributed by atoms with van der Waals surface area (Å²) in [5, 5.41) is 4.67. The van der Waals surface area contributed by atoms with E-state index in [4.69, 9.17) is 9.47 Å². The first-order valence-electron chi connectivity index (χ1n) is 10.8. The van der Waals surface area contributed by atoms with Gasteiger partial charge >= 0.3 is 11.9 Å². The van der Waals surface area contributed by atoms with Gasteiger partial charge in [0.2, 0.25) is 0 Å². The minimum atomic E-state index is -0.554. The zero-order valence-electron chi connectivity index (χ0n) is 19.1. The number of carbonyl (C=O) groups is 2. The average molecular weight is 433 g/mol. The predicted molar refractivity (Wildman–Crippen MR) is 122 cm³/mol. The lowest BCUT2D eigenvalue weighted by Gasteiger charge is -2.19. The molecule has 0 amide bonds. The molecule has 0 spiro atoms. The predicted octanol–water partition coefficient (Wildman–Crippen LogP) is 5.47. The van der Waals surface area contributed by atoms with Crippen molar-refractivity contribution in [1.29, 1.82) is 0 Å². The van der Waals surface area contributed by atoms with Crippen molar-refractivity contribution in [3.8, 4) is 16.8 Å². The molecule has 32 heavy (non-hydrogen) atoms. The van der Waals surface area contributed by atoms with Crippen molar-refractivity contribution < 1.29 is 19.1 Å². The molecular weight excluding hydrogens is 404 g/mol. The maximum atomic E-state index is 12.5. The van der Waals surface area contributed by atoms with Crippen LogP contribution in [-0.2, 0) is 9.47 Å². The zero-order chi connectivity index (χ0) is 23.0. The molecule has 0 atom stereocenters. The van der Waals surface area contributed by atoms with Crippen molar-refractivity contribution in [2.24, 2.45) is 0 Å². The summed E-state index contributed by atoms with van der Waals surface area (Å²) in [7, 11) is 1.40. The molecule has 1 aliphatic rings. The first-order chi connectivity index (χ1) is 15.2. The number of aryl methyl sites for hydroxylation is 1. The van der Waals surface area contributed by atoms with Crippen molar-refractivity contribution >= 4 is 11.9 Å². The minimum Gasteiger partial charge on any atom is -0.465 e. The third-order valence-electron chi connectivity index (χ3n) is 5.37. The molecule has 166 valence electrons. The van der Waals surface area contributed by atoms with E-state index in [1.807, 2.05) is 74.8 Å². The largest absolute Gasteiger partial charge is 0.465 e. The molecule has 0 bridgehead atoms. The number of ether oxygens (including phenoxy) is 2. The molecule has 0 N–H and O–H groups in total. The maximum Gasteiger partial charge on any atom is 0.341 e. The quantitative estimate of drug-likeness (QED) is 0.500. The van der Waals surface area contributed by atoms with Crippen LogP contribution in [0, 0.1) is 6.92 Å². The number of esters is 2. The second kappa shape index (κ2) is 8.26. The lowest BCUT2D eigenvalue weighted by Crippen LogP contribution is -2.23. The van der Waals surface area contributed by atoms with Crippen LogP contribution < -0.4 is 0 Å². The van der Waals surface area contributed by atoms with Crippen LogP contribution in [0.3, 0.4) is 0 Å². The standard InChI is InChI=1S/C26H28N2O4/c1-16-22(25(30)31-5)23(17-12-13-17)28(27-16)21-11-7-9-19(15-21)18-8-6-10-20(14-18)24(29)32-26(2,3)4/h6-11,14-15,17H,12-13H2,1-5H3. The van der Waals surface area contributed by atoms with Gasteiger partial charge in [-0.15, -0.1) is 0 Å². The summed E-state index contributed by atoms with van der Waals surface area (Å²) >= 11 is 0. The molecule has 0 unspecified atom stereocenters. The molecule has 1 aliphatic carbocycles. The van der Waals surface area contributed by atoms with Crippen molar-refractivity contribution in [2.75, 3.05) is 7.11 Å². The van der Waals surface area contributed by atoms with Crippen molar-refractivity contribution in [3.63, 3.8) is 0 Å². The van der Waals surface area contributed by atoms with Crippen molar-refractivity contribution in [3.05, 3.63) is 71.0 Å². The van der Waals surface area contributed by atoms with Crippen LogP contribution in [0.15, 0.2) is 48.5 Å². The number of aromatic nitrogens is 2. The van der Waals surface area contributed by atoms with E-state index in [0.717, 1.165) is 35.3 Å². The van der Waals surface area contributed by atoms with Crippen molar-refractivity contribution in [2.45, 2.75) is 52.1 Å². The average Bonchev–Trinajstić information content (AvgIpc) is 3.54. The molecule has 0 radical (unpaired) electrons. The van der Waals surface area contributed by atoms with E-state index in [-0.39, 0.29) is 11.9 Å². The molecule has 0 saturated heterocycles. The fourth-order valence-corrected chi connectivity index (χ4v) is 3.81. The Morgan fingerprint density at radius 3 is 2.28 bits per heavy atom. The van der Waals surface area contributed by atoms with E-state index < -0.39 is 5.60 Å². The van der Waals surface area contributed by atoms with Crippen LogP contribution >= 0.6 is 0 Å². The maximum absolute atomic E-state index is 12.5. The lowest BCUT2D eigenvalue weighted by atomic mass is 10.0. The van der Waals surface area contributed by atoms with Crippen LogP contribution in [0.4, 0.5) is 0 Å². The van der Waals surface area contributed by atoms with Crippen molar-refractivity contribution in [1.82, 2.24) is 9.78 Å². The third kappa shape index (κ3) is 4.44. The summed E-state index contributed by atoms with van der Waals surface area (Å²) in [4.78, 5) is 24.9. The number of hydrogen-bond donors (Lipinski definition) is 0. The van der Waals surface area contributed by atoms with Gasteiger partial charge in [-0.2, -0.15) is 5.10 Å². The van der Waals surface area contributed by atoms with Gasteiger partial charge in [0.25, 0.3) is 0 Å². The smallest absolute Gasteiger partial charge is 0.341 e. The molecular formula is C26H28N2O4. The molecule has 1 aromatic heterocycles. The van der Waals surface area contributed by atoms with E-state index in [1.54, 1.807) is 6.07 Å². The summed E-state index contributed by atoms with van der Waals surface area (Å²) in [6.07, 6.45) is 2.07. The minimum absolute atomic E-state index is 0.310. The molecule has 1 heterocycles. The zero-order valence-corrected chi connectivity index (χ0v) is 19.1. The van der Waals surface area contributed by atoms with Gasteiger partial charge in [-0.05, 0) is 75.9 Å². The summed E-state index contributed by atoms with van der Waals surface area (Å²) in [5.74, 6) is -0.390. The van der Waals surface area contributed by atoms with Crippen LogP contribution in [0.2, 0.25) is 0 Å². The van der Waals surface area contributed by atoms with Gasteiger partial charge in [-0.1, -0.05) is 24.3 Å². The summed E-state index contributed by atoms with van der Waals surface area (Å²) < 4.78 is 12.4. The molecule has 4 rings (SSSR count). The topological polar surface area (TPSA) is 70.4 Å². The Bertz CT molecular complexity index is 1180. The molecule has 0 aliphatic heterocycles. The second-order valence-corrected chi connectivity index (χ2v) is 9.16. The first kappa shape index (κ1) is 21.8. The number of nitrogens with zero attached hydrogens (tertiary/aromatic N) is 2. The molecule has 1 saturated carbocycles. The third-order valence-corrected chi connectivity index (χ3v) is 5.37. The Labute approximate surface area is 188 Å². The van der Waals surface area contributed by atoms with Gasteiger partial charge in [0.15, 0.2) is 0 Å². The van der Waals surface area contributed by atoms with Crippen LogP contribution in [0.5, 0.6) is 0 Å².